The number of rotatable bonds is 53. The minimum atomic E-state index is -0.843. The van der Waals surface area contributed by atoms with Gasteiger partial charge in [0, 0.05) is 19.3 Å². The molecule has 6 nitrogen and oxygen atoms in total. The third kappa shape index (κ3) is 63.0. The summed E-state index contributed by atoms with van der Waals surface area (Å²) >= 11 is 0. The Morgan fingerprint density at radius 2 is 0.481 bits per heavy atom. The Hall–Kier alpha value is -5.75. The molecule has 0 rings (SSSR count). The van der Waals surface area contributed by atoms with Gasteiger partial charge in [-0.15, -0.1) is 0 Å². The van der Waals surface area contributed by atoms with Crippen molar-refractivity contribution >= 4 is 17.9 Å². The van der Waals surface area contributed by atoms with E-state index < -0.39 is 6.10 Å². The molecule has 0 aliphatic heterocycles. The van der Waals surface area contributed by atoms with Crippen LogP contribution in [0.25, 0.3) is 0 Å². The molecule has 6 heteroatoms. The first-order valence-electron chi connectivity index (χ1n) is 30.9. The molecule has 0 spiro atoms. The molecule has 0 aromatic carbocycles. The van der Waals surface area contributed by atoms with Gasteiger partial charge in [-0.1, -0.05) is 254 Å². The summed E-state index contributed by atoms with van der Waals surface area (Å²) < 4.78 is 16.7. The topological polar surface area (TPSA) is 78.9 Å². The van der Waals surface area contributed by atoms with Crippen molar-refractivity contribution in [2.75, 3.05) is 13.2 Å². The van der Waals surface area contributed by atoms with Crippen LogP contribution in [-0.4, -0.2) is 37.2 Å². The van der Waals surface area contributed by atoms with E-state index in [0.29, 0.717) is 19.3 Å². The fraction of sp³-hybridized carbons (Fsp3) is 0.521. The van der Waals surface area contributed by atoms with Gasteiger partial charge in [0.25, 0.3) is 0 Å². The number of hydrogen-bond acceptors (Lipinski definition) is 6. The van der Waals surface area contributed by atoms with Gasteiger partial charge in [-0.2, -0.15) is 0 Å². The second kappa shape index (κ2) is 64.8. The summed E-state index contributed by atoms with van der Waals surface area (Å²) in [6.45, 7) is 6.16. The molecule has 1 atom stereocenters. The minimum absolute atomic E-state index is 0.131. The van der Waals surface area contributed by atoms with E-state index in [1.54, 1.807) is 0 Å². The zero-order valence-corrected chi connectivity index (χ0v) is 50.0. The lowest BCUT2D eigenvalue weighted by Gasteiger charge is -2.18. The molecule has 0 N–H and O–H groups in total. The molecule has 79 heavy (non-hydrogen) atoms. The second-order valence-electron chi connectivity index (χ2n) is 19.5. The molecule has 0 aromatic rings. The van der Waals surface area contributed by atoms with Crippen LogP contribution in [-0.2, 0) is 28.6 Å². The molecule has 0 bridgehead atoms. The van der Waals surface area contributed by atoms with Crippen LogP contribution in [0.2, 0.25) is 0 Å². The van der Waals surface area contributed by atoms with Gasteiger partial charge < -0.3 is 14.2 Å². The first kappa shape index (κ1) is 73.2. The number of hydrogen-bond donors (Lipinski definition) is 0. The lowest BCUT2D eigenvalue weighted by molar-refractivity contribution is -0.166. The molecule has 0 amide bonds. The van der Waals surface area contributed by atoms with Crippen molar-refractivity contribution in [3.05, 3.63) is 194 Å². The molecule has 0 aliphatic carbocycles. The van der Waals surface area contributed by atoms with Gasteiger partial charge in [0.15, 0.2) is 6.10 Å². The Kier molecular flexibility index (Phi) is 60.1. The van der Waals surface area contributed by atoms with Gasteiger partial charge in [-0.05, 0) is 148 Å². The predicted octanol–water partition coefficient (Wildman–Crippen LogP) is 21.4. The van der Waals surface area contributed by atoms with E-state index in [4.69, 9.17) is 14.2 Å². The fourth-order valence-corrected chi connectivity index (χ4v) is 7.58. The van der Waals surface area contributed by atoms with Crippen LogP contribution in [0.3, 0.4) is 0 Å². The third-order valence-electron chi connectivity index (χ3n) is 12.1. The molecule has 0 saturated heterocycles. The normalized spacial score (nSPS) is 13.5. The SMILES string of the molecule is CC/C=C\C/C=C\C/C=C\C/C=C\C/C=C\C/C=C\C/C=C\C/C=C\CCCCCCCCCCC(=O)OCC(COC(=O)CC/C=C\C/C=C\C/C=C\C/C=C\CC)OC(=O)CCCC/C=C\C/C=C\C/C=C\C/C=C\CC. The molecular formula is C73H110O6. The van der Waals surface area contributed by atoms with E-state index in [9.17, 15) is 14.4 Å². The van der Waals surface area contributed by atoms with Crippen molar-refractivity contribution in [3.8, 4) is 0 Å². The van der Waals surface area contributed by atoms with E-state index >= 15 is 0 Å². The summed E-state index contributed by atoms with van der Waals surface area (Å²) in [6, 6.07) is 0. The standard InChI is InChI=1S/C73H110O6/c1-4-7-10-13-16-19-22-25-27-28-29-30-31-32-33-34-35-36-37-38-39-40-41-42-43-44-46-48-51-54-57-60-63-66-72(75)78-69-70(68-77-71(74)65-62-59-56-53-50-47-24-21-18-15-12-9-6-3)79-73(76)67-64-61-58-55-52-49-45-26-23-20-17-14-11-8-5-2/h7-12,16-21,25-27,29-30,32-33,35-36,38-39,41-42,45,47,50,52,55-56,59,70H,4-6,13-15,22-24,28,31,34,37,40,43-44,46,48-49,51,53-54,57-58,60-69H2,1-3H3/b10-7-,11-8-,12-9-,19-16-,20-17-,21-18-,27-25-,30-29-,33-32-,36-35-,39-38-,42-41-,45-26-,50-47-,55-52-,59-56-. The van der Waals surface area contributed by atoms with Gasteiger partial charge in [0.2, 0.25) is 0 Å². The quantitative estimate of drug-likeness (QED) is 0.0261. The summed E-state index contributed by atoms with van der Waals surface area (Å²) in [5.74, 6) is -1.08. The first-order valence-corrected chi connectivity index (χ1v) is 30.9. The number of ether oxygens (including phenoxy) is 3. The van der Waals surface area contributed by atoms with Crippen molar-refractivity contribution in [2.24, 2.45) is 0 Å². The van der Waals surface area contributed by atoms with Crippen LogP contribution >= 0.6 is 0 Å². The third-order valence-corrected chi connectivity index (χ3v) is 12.1. The highest BCUT2D eigenvalue weighted by Gasteiger charge is 2.19. The van der Waals surface area contributed by atoms with Gasteiger partial charge in [-0.25, -0.2) is 0 Å². The molecule has 438 valence electrons. The number of unbranched alkanes of at least 4 members (excludes halogenated alkanes) is 10. The van der Waals surface area contributed by atoms with Crippen LogP contribution in [0.1, 0.15) is 226 Å². The Balaban J connectivity index is 4.38. The number of carbonyl (C=O) groups is 3. The minimum Gasteiger partial charge on any atom is -0.462 e. The average Bonchev–Trinajstić information content (AvgIpc) is 3.45. The molecule has 1 unspecified atom stereocenters. The van der Waals surface area contributed by atoms with Crippen molar-refractivity contribution in [1.82, 2.24) is 0 Å². The zero-order valence-electron chi connectivity index (χ0n) is 50.0. The average molecular weight is 1080 g/mol. The molecule has 0 heterocycles. The first-order chi connectivity index (χ1) is 39.0. The van der Waals surface area contributed by atoms with Crippen molar-refractivity contribution < 1.29 is 28.6 Å². The highest BCUT2D eigenvalue weighted by atomic mass is 16.6. The fourth-order valence-electron chi connectivity index (χ4n) is 7.58. The highest BCUT2D eigenvalue weighted by Crippen LogP contribution is 2.13. The summed E-state index contributed by atoms with van der Waals surface area (Å²) in [6.07, 6.45) is 98.9. The second-order valence-corrected chi connectivity index (χ2v) is 19.5. The van der Waals surface area contributed by atoms with E-state index in [2.05, 4.69) is 203 Å². The van der Waals surface area contributed by atoms with Gasteiger partial charge >= 0.3 is 17.9 Å². The summed E-state index contributed by atoms with van der Waals surface area (Å²) in [5, 5.41) is 0. The summed E-state index contributed by atoms with van der Waals surface area (Å²) in [7, 11) is 0. The molecule has 0 saturated carbocycles. The number of esters is 3. The smallest absolute Gasteiger partial charge is 0.306 e. The molecule has 0 aromatic heterocycles. The highest BCUT2D eigenvalue weighted by molar-refractivity contribution is 5.71. The van der Waals surface area contributed by atoms with Crippen LogP contribution in [0.4, 0.5) is 0 Å². The molecule has 0 radical (unpaired) electrons. The molecule has 0 fully saturated rings. The molecular weight excluding hydrogens is 973 g/mol. The Labute approximate surface area is 484 Å². The van der Waals surface area contributed by atoms with Crippen LogP contribution in [0, 0.1) is 0 Å². The van der Waals surface area contributed by atoms with Crippen LogP contribution in [0.5, 0.6) is 0 Å². The van der Waals surface area contributed by atoms with Crippen molar-refractivity contribution in [2.45, 2.75) is 232 Å². The summed E-state index contributed by atoms with van der Waals surface area (Å²) in [5.41, 5.74) is 0. The van der Waals surface area contributed by atoms with E-state index in [-0.39, 0.29) is 44.0 Å². The Morgan fingerprint density at radius 1 is 0.253 bits per heavy atom. The van der Waals surface area contributed by atoms with Crippen molar-refractivity contribution in [1.29, 1.82) is 0 Å². The summed E-state index contributed by atoms with van der Waals surface area (Å²) in [4.78, 5) is 38.1. The maximum Gasteiger partial charge on any atom is 0.306 e. The lowest BCUT2D eigenvalue weighted by Crippen LogP contribution is -2.30. The monoisotopic (exact) mass is 1080 g/mol. The lowest BCUT2D eigenvalue weighted by atomic mass is 10.1. The van der Waals surface area contributed by atoms with Crippen molar-refractivity contribution in [3.63, 3.8) is 0 Å². The largest absolute Gasteiger partial charge is 0.462 e. The maximum atomic E-state index is 12.8. The van der Waals surface area contributed by atoms with Crippen LogP contribution < -0.4 is 0 Å². The van der Waals surface area contributed by atoms with E-state index in [1.165, 1.54) is 32.1 Å². The molecule has 0 aliphatic rings. The maximum absolute atomic E-state index is 12.8. The Morgan fingerprint density at radius 3 is 0.810 bits per heavy atom. The zero-order chi connectivity index (χ0) is 57.1. The van der Waals surface area contributed by atoms with E-state index in [0.717, 1.165) is 141 Å². The van der Waals surface area contributed by atoms with Gasteiger partial charge in [0.1, 0.15) is 13.2 Å². The predicted molar refractivity (Wildman–Crippen MR) is 343 cm³/mol. The number of allylic oxidation sites excluding steroid dienone is 32. The number of carbonyl (C=O) groups excluding carboxylic acids is 3. The van der Waals surface area contributed by atoms with Gasteiger partial charge in [0.05, 0.1) is 0 Å². The van der Waals surface area contributed by atoms with Crippen LogP contribution in [0.15, 0.2) is 194 Å². The Bertz CT molecular complexity index is 1920. The van der Waals surface area contributed by atoms with E-state index in [1.807, 2.05) is 12.2 Å². The van der Waals surface area contributed by atoms with Gasteiger partial charge in [-0.3, -0.25) is 14.4 Å².